The topological polar surface area (TPSA) is 35.5 Å². The maximum atomic E-state index is 11.6. The molecule has 0 aliphatic heterocycles. The van der Waals surface area contributed by atoms with Gasteiger partial charge in [0.2, 0.25) is 0 Å². The van der Waals surface area contributed by atoms with Crippen LogP contribution in [0.5, 0.6) is 5.75 Å². The van der Waals surface area contributed by atoms with E-state index in [9.17, 15) is 4.79 Å². The van der Waals surface area contributed by atoms with E-state index in [1.54, 1.807) is 7.11 Å². The average Bonchev–Trinajstić information content (AvgIpc) is 2.42. The SMILES string of the molecule is COc1ccc(CCC(=O)CCCOSI)cc1. The summed E-state index contributed by atoms with van der Waals surface area (Å²) in [5, 5.41) is 0. The number of aryl methyl sites for hydroxylation is 1. The summed E-state index contributed by atoms with van der Waals surface area (Å²) in [6.45, 7) is 0.641. The standard InChI is InChI=1S/C13H17IO3S/c1-16-13-8-5-11(6-9-13)4-7-12(15)3-2-10-17-18-14/h5-6,8-9H,2-4,7,10H2,1H3. The summed E-state index contributed by atoms with van der Waals surface area (Å²) < 4.78 is 10.2. The molecule has 0 fully saturated rings. The van der Waals surface area contributed by atoms with Gasteiger partial charge in [-0.05, 0) is 30.5 Å². The Hall–Kier alpha value is -0.270. The normalized spacial score (nSPS) is 10.3. The Morgan fingerprint density at radius 1 is 1.28 bits per heavy atom. The van der Waals surface area contributed by atoms with E-state index in [4.69, 9.17) is 8.92 Å². The minimum Gasteiger partial charge on any atom is -0.497 e. The van der Waals surface area contributed by atoms with Crippen LogP contribution in [0, 0.1) is 0 Å². The Kier molecular flexibility index (Phi) is 8.45. The van der Waals surface area contributed by atoms with Crippen LogP contribution in [0.1, 0.15) is 24.8 Å². The molecule has 0 N–H and O–H groups in total. The number of halogens is 1. The molecule has 0 spiro atoms. The number of hydrogen-bond donors (Lipinski definition) is 0. The van der Waals surface area contributed by atoms with Gasteiger partial charge in [-0.25, -0.2) is 0 Å². The van der Waals surface area contributed by atoms with Crippen molar-refractivity contribution < 1.29 is 13.7 Å². The number of benzene rings is 1. The highest BCUT2D eigenvalue weighted by molar-refractivity contribution is 14.2. The predicted octanol–water partition coefficient (Wildman–Crippen LogP) is 3.99. The Labute approximate surface area is 124 Å². The zero-order chi connectivity index (χ0) is 13.2. The van der Waals surface area contributed by atoms with Crippen molar-refractivity contribution in [3.8, 4) is 5.75 Å². The molecule has 0 radical (unpaired) electrons. The van der Waals surface area contributed by atoms with E-state index < -0.39 is 0 Å². The van der Waals surface area contributed by atoms with Crippen molar-refractivity contribution in [1.29, 1.82) is 0 Å². The van der Waals surface area contributed by atoms with E-state index in [1.807, 2.05) is 24.3 Å². The van der Waals surface area contributed by atoms with Crippen molar-refractivity contribution in [1.82, 2.24) is 0 Å². The van der Waals surface area contributed by atoms with Crippen LogP contribution in [0.25, 0.3) is 0 Å². The van der Waals surface area contributed by atoms with Gasteiger partial charge in [0.1, 0.15) is 11.5 Å². The van der Waals surface area contributed by atoms with Gasteiger partial charge in [0, 0.05) is 34.0 Å². The van der Waals surface area contributed by atoms with Crippen LogP contribution in [-0.2, 0) is 15.4 Å². The van der Waals surface area contributed by atoms with Gasteiger partial charge in [-0.2, -0.15) is 0 Å². The first kappa shape index (κ1) is 15.8. The number of carbonyl (C=O) groups excluding carboxylic acids is 1. The molecular weight excluding hydrogens is 363 g/mol. The third kappa shape index (κ3) is 6.61. The molecular formula is C13H17IO3S. The third-order valence-electron chi connectivity index (χ3n) is 2.58. The number of methoxy groups -OCH3 is 1. The van der Waals surface area contributed by atoms with Crippen LogP contribution >= 0.6 is 30.4 Å². The number of rotatable bonds is 9. The smallest absolute Gasteiger partial charge is 0.133 e. The molecule has 1 rings (SSSR count). The maximum absolute atomic E-state index is 11.6. The molecule has 18 heavy (non-hydrogen) atoms. The summed E-state index contributed by atoms with van der Waals surface area (Å²) >= 11 is 2.07. The van der Waals surface area contributed by atoms with Crippen LogP contribution < -0.4 is 4.74 Å². The van der Waals surface area contributed by atoms with Gasteiger partial charge in [-0.3, -0.25) is 4.79 Å². The van der Waals surface area contributed by atoms with E-state index >= 15 is 0 Å². The van der Waals surface area contributed by atoms with E-state index in [1.165, 1.54) is 14.8 Å². The molecule has 1 aromatic carbocycles. The number of carbonyl (C=O) groups is 1. The van der Waals surface area contributed by atoms with Crippen molar-refractivity contribution in [2.24, 2.45) is 0 Å². The highest BCUT2D eigenvalue weighted by Crippen LogP contribution is 2.14. The molecule has 5 heteroatoms. The number of hydrogen-bond acceptors (Lipinski definition) is 4. The molecule has 0 bridgehead atoms. The number of ether oxygens (including phenoxy) is 1. The minimum atomic E-state index is 0.299. The highest BCUT2D eigenvalue weighted by atomic mass is 127. The monoisotopic (exact) mass is 380 g/mol. The molecule has 0 aliphatic rings. The third-order valence-corrected chi connectivity index (χ3v) is 3.60. The van der Waals surface area contributed by atoms with Crippen LogP contribution in [0.4, 0.5) is 0 Å². The van der Waals surface area contributed by atoms with Gasteiger partial charge in [0.15, 0.2) is 0 Å². The Morgan fingerprint density at radius 2 is 2.00 bits per heavy atom. The Bertz CT molecular complexity index is 354. The van der Waals surface area contributed by atoms with Crippen LogP contribution in [0.3, 0.4) is 0 Å². The molecule has 0 saturated carbocycles. The molecule has 100 valence electrons. The summed E-state index contributed by atoms with van der Waals surface area (Å²) in [7, 11) is 2.96. The lowest BCUT2D eigenvalue weighted by Gasteiger charge is -2.03. The summed E-state index contributed by atoms with van der Waals surface area (Å²) in [5.41, 5.74) is 1.17. The quantitative estimate of drug-likeness (QED) is 0.369. The Balaban J connectivity index is 2.20. The first-order valence-corrected chi connectivity index (χ1v) is 9.09. The molecule has 0 aromatic heterocycles. The summed E-state index contributed by atoms with van der Waals surface area (Å²) in [6.07, 6.45) is 2.80. The molecule has 0 heterocycles. The van der Waals surface area contributed by atoms with Crippen molar-refractivity contribution in [2.75, 3.05) is 13.7 Å². The van der Waals surface area contributed by atoms with Crippen molar-refractivity contribution >= 4 is 36.2 Å². The lowest BCUT2D eigenvalue weighted by Crippen LogP contribution is -2.01. The fourth-order valence-electron chi connectivity index (χ4n) is 1.56. The lowest BCUT2D eigenvalue weighted by molar-refractivity contribution is -0.119. The average molecular weight is 380 g/mol. The molecule has 3 nitrogen and oxygen atoms in total. The van der Waals surface area contributed by atoms with Crippen molar-refractivity contribution in [3.05, 3.63) is 29.8 Å². The lowest BCUT2D eigenvalue weighted by atomic mass is 10.1. The Morgan fingerprint density at radius 3 is 2.61 bits per heavy atom. The summed E-state index contributed by atoms with van der Waals surface area (Å²) in [5.74, 6) is 1.14. The van der Waals surface area contributed by atoms with E-state index in [2.05, 4.69) is 21.2 Å². The second kappa shape index (κ2) is 9.63. The first-order valence-electron chi connectivity index (χ1n) is 5.81. The fraction of sp³-hybridized carbons (Fsp3) is 0.462. The van der Waals surface area contributed by atoms with Gasteiger partial charge < -0.3 is 8.92 Å². The van der Waals surface area contributed by atoms with E-state index in [0.717, 1.165) is 18.6 Å². The zero-order valence-corrected chi connectivity index (χ0v) is 13.3. The van der Waals surface area contributed by atoms with Gasteiger partial charge in [0.25, 0.3) is 0 Å². The van der Waals surface area contributed by atoms with Gasteiger partial charge in [-0.1, -0.05) is 12.1 Å². The molecule has 0 amide bonds. The first-order chi connectivity index (χ1) is 8.76. The van der Waals surface area contributed by atoms with Gasteiger partial charge in [-0.15, -0.1) is 0 Å². The number of ketones is 1. The molecule has 0 aliphatic carbocycles. The van der Waals surface area contributed by atoms with E-state index in [-0.39, 0.29) is 0 Å². The van der Waals surface area contributed by atoms with Crippen LogP contribution in [-0.4, -0.2) is 19.5 Å². The zero-order valence-electron chi connectivity index (χ0n) is 10.4. The highest BCUT2D eigenvalue weighted by Gasteiger charge is 2.03. The summed E-state index contributed by atoms with van der Waals surface area (Å²) in [4.78, 5) is 11.6. The predicted molar refractivity (Wildman–Crippen MR) is 83.1 cm³/mol. The second-order valence-electron chi connectivity index (χ2n) is 3.88. The minimum absolute atomic E-state index is 0.299. The molecule has 0 saturated heterocycles. The van der Waals surface area contributed by atoms with Crippen LogP contribution in [0.2, 0.25) is 0 Å². The largest absolute Gasteiger partial charge is 0.497 e. The molecule has 1 aromatic rings. The van der Waals surface area contributed by atoms with Crippen molar-refractivity contribution in [2.45, 2.75) is 25.7 Å². The van der Waals surface area contributed by atoms with Gasteiger partial charge in [0.05, 0.1) is 22.9 Å². The summed E-state index contributed by atoms with van der Waals surface area (Å²) in [6, 6.07) is 7.85. The molecule has 0 atom stereocenters. The van der Waals surface area contributed by atoms with Gasteiger partial charge >= 0.3 is 0 Å². The maximum Gasteiger partial charge on any atom is 0.133 e. The molecule has 0 unspecified atom stereocenters. The second-order valence-corrected chi connectivity index (χ2v) is 5.32. The van der Waals surface area contributed by atoms with Crippen LogP contribution in [0.15, 0.2) is 24.3 Å². The fourth-order valence-corrected chi connectivity index (χ4v) is 2.28. The number of Topliss-reactive ketones (excluding diaryl/α,β-unsaturated/α-hetero) is 1. The van der Waals surface area contributed by atoms with Crippen molar-refractivity contribution in [3.63, 3.8) is 0 Å². The van der Waals surface area contributed by atoms with E-state index in [0.29, 0.717) is 25.2 Å².